The van der Waals surface area contributed by atoms with Crippen LogP contribution in [0.15, 0.2) is 24.3 Å². The Kier molecular flexibility index (Phi) is 4.29. The topological polar surface area (TPSA) is 46.3 Å². The highest BCUT2D eigenvalue weighted by molar-refractivity contribution is 5.80. The summed E-state index contributed by atoms with van der Waals surface area (Å²) in [6, 6.07) is 8.79. The van der Waals surface area contributed by atoms with E-state index >= 15 is 0 Å². The molecule has 1 amide bonds. The molecule has 0 spiro atoms. The monoisotopic (exact) mass is 286 g/mol. The summed E-state index contributed by atoms with van der Waals surface area (Å²) >= 11 is 0. The van der Waals surface area contributed by atoms with Gasteiger partial charge < -0.3 is 10.6 Å². The van der Waals surface area contributed by atoms with Crippen molar-refractivity contribution in [2.24, 2.45) is 17.6 Å². The van der Waals surface area contributed by atoms with Crippen LogP contribution >= 0.6 is 0 Å². The number of hydrogen-bond donors (Lipinski definition) is 1. The van der Waals surface area contributed by atoms with Gasteiger partial charge in [0.2, 0.25) is 5.91 Å². The van der Waals surface area contributed by atoms with Gasteiger partial charge in [-0.25, -0.2) is 0 Å². The van der Waals surface area contributed by atoms with Gasteiger partial charge in [-0.15, -0.1) is 0 Å². The Hall–Kier alpha value is -1.35. The van der Waals surface area contributed by atoms with Crippen LogP contribution in [0.2, 0.25) is 0 Å². The van der Waals surface area contributed by atoms with Gasteiger partial charge in [-0.3, -0.25) is 4.79 Å². The summed E-state index contributed by atoms with van der Waals surface area (Å²) in [4.78, 5) is 15.0. The van der Waals surface area contributed by atoms with Crippen molar-refractivity contribution in [1.29, 1.82) is 0 Å². The molecule has 3 atom stereocenters. The molecule has 0 bridgehead atoms. The average molecular weight is 286 g/mol. The number of benzene rings is 1. The molecule has 0 aromatic heterocycles. The molecule has 0 saturated carbocycles. The third-order valence-electron chi connectivity index (χ3n) is 5.34. The smallest absolute Gasteiger partial charge is 0.226 e. The minimum Gasteiger partial charge on any atom is -0.338 e. The fourth-order valence-corrected chi connectivity index (χ4v) is 4.03. The van der Waals surface area contributed by atoms with Crippen LogP contribution in [0.4, 0.5) is 0 Å². The van der Waals surface area contributed by atoms with E-state index in [-0.39, 0.29) is 12.0 Å². The summed E-state index contributed by atoms with van der Waals surface area (Å²) in [7, 11) is 0. The van der Waals surface area contributed by atoms with Gasteiger partial charge in [-0.05, 0) is 49.1 Å². The van der Waals surface area contributed by atoms with Gasteiger partial charge in [0, 0.05) is 25.0 Å². The van der Waals surface area contributed by atoms with Crippen LogP contribution < -0.4 is 5.73 Å². The maximum Gasteiger partial charge on any atom is 0.226 e. The van der Waals surface area contributed by atoms with E-state index in [1.54, 1.807) is 0 Å². The van der Waals surface area contributed by atoms with Crippen LogP contribution in [-0.4, -0.2) is 29.9 Å². The highest BCUT2D eigenvalue weighted by atomic mass is 16.2. The molecule has 3 nitrogen and oxygen atoms in total. The summed E-state index contributed by atoms with van der Waals surface area (Å²) < 4.78 is 0. The van der Waals surface area contributed by atoms with E-state index in [9.17, 15) is 4.79 Å². The first kappa shape index (κ1) is 14.6. The molecule has 1 aromatic rings. The van der Waals surface area contributed by atoms with Gasteiger partial charge >= 0.3 is 0 Å². The molecular weight excluding hydrogens is 260 g/mol. The van der Waals surface area contributed by atoms with E-state index in [1.165, 1.54) is 17.5 Å². The number of aryl methyl sites for hydroxylation is 1. The molecule has 3 heteroatoms. The number of carbonyl (C=O) groups is 1. The lowest BCUT2D eigenvalue weighted by atomic mass is 9.82. The highest BCUT2D eigenvalue weighted by Gasteiger charge is 2.35. The Morgan fingerprint density at radius 1 is 1.29 bits per heavy atom. The maximum absolute atomic E-state index is 12.9. The van der Waals surface area contributed by atoms with E-state index in [4.69, 9.17) is 5.73 Å². The Bertz CT molecular complexity index is 514. The molecule has 0 radical (unpaired) electrons. The fraction of sp³-hybridized carbons (Fsp3) is 0.611. The van der Waals surface area contributed by atoms with E-state index < -0.39 is 0 Å². The van der Waals surface area contributed by atoms with Gasteiger partial charge in [0.1, 0.15) is 0 Å². The van der Waals surface area contributed by atoms with E-state index in [0.29, 0.717) is 18.4 Å². The van der Waals surface area contributed by atoms with Crippen molar-refractivity contribution in [2.75, 3.05) is 13.1 Å². The standard InChI is InChI=1S/C18H26N2O/c1-13-5-4-10-20(17(13)12-19)18(21)16-9-8-14-6-2-3-7-15(14)11-16/h2-3,6-7,13,16-17H,4-5,8-12,19H2,1H3. The summed E-state index contributed by atoms with van der Waals surface area (Å²) in [5.41, 5.74) is 8.71. The minimum atomic E-state index is 0.152. The molecule has 1 heterocycles. The number of carbonyl (C=O) groups excluding carboxylic acids is 1. The van der Waals surface area contributed by atoms with Gasteiger partial charge in [0.05, 0.1) is 0 Å². The van der Waals surface area contributed by atoms with Crippen molar-refractivity contribution in [3.8, 4) is 0 Å². The lowest BCUT2D eigenvalue weighted by Crippen LogP contribution is -2.53. The number of nitrogens with two attached hydrogens (primary N) is 1. The minimum absolute atomic E-state index is 0.152. The lowest BCUT2D eigenvalue weighted by Gasteiger charge is -2.41. The zero-order valence-electron chi connectivity index (χ0n) is 12.9. The van der Waals surface area contributed by atoms with Crippen molar-refractivity contribution in [3.05, 3.63) is 35.4 Å². The molecule has 1 saturated heterocycles. The Balaban J connectivity index is 1.74. The maximum atomic E-state index is 12.9. The number of hydrogen-bond acceptors (Lipinski definition) is 2. The number of nitrogens with zero attached hydrogens (tertiary/aromatic N) is 1. The number of fused-ring (bicyclic) bond motifs is 1. The first-order chi connectivity index (χ1) is 10.2. The molecule has 3 unspecified atom stereocenters. The predicted octanol–water partition coefficient (Wildman–Crippen LogP) is 2.38. The van der Waals surface area contributed by atoms with E-state index in [1.807, 2.05) is 0 Å². The molecule has 1 aromatic carbocycles. The molecule has 2 aliphatic rings. The Morgan fingerprint density at radius 3 is 2.81 bits per heavy atom. The number of amides is 1. The normalized spacial score (nSPS) is 29.0. The molecule has 114 valence electrons. The summed E-state index contributed by atoms with van der Waals surface area (Å²) in [5.74, 6) is 1.02. The molecule has 1 aliphatic carbocycles. The second-order valence-corrected chi connectivity index (χ2v) is 6.66. The quantitative estimate of drug-likeness (QED) is 0.907. The third kappa shape index (κ3) is 2.84. The lowest BCUT2D eigenvalue weighted by molar-refractivity contribution is -0.140. The Morgan fingerprint density at radius 2 is 2.05 bits per heavy atom. The van der Waals surface area contributed by atoms with Crippen molar-refractivity contribution < 1.29 is 4.79 Å². The van der Waals surface area contributed by atoms with Crippen LogP contribution in [0.3, 0.4) is 0 Å². The van der Waals surface area contributed by atoms with Gasteiger partial charge in [-0.2, -0.15) is 0 Å². The number of piperidine rings is 1. The van der Waals surface area contributed by atoms with Gasteiger partial charge in [-0.1, -0.05) is 31.2 Å². The van der Waals surface area contributed by atoms with Gasteiger partial charge in [0.25, 0.3) is 0 Å². The Labute approximate surface area is 127 Å². The van der Waals surface area contributed by atoms with Crippen LogP contribution in [0.1, 0.15) is 37.3 Å². The second kappa shape index (κ2) is 6.18. The van der Waals surface area contributed by atoms with Crippen molar-refractivity contribution >= 4 is 5.91 Å². The SMILES string of the molecule is CC1CCCN(C(=O)C2CCc3ccccc3C2)C1CN. The first-order valence-corrected chi connectivity index (χ1v) is 8.28. The number of rotatable bonds is 2. The third-order valence-corrected chi connectivity index (χ3v) is 5.34. The van der Waals surface area contributed by atoms with E-state index in [0.717, 1.165) is 32.2 Å². The second-order valence-electron chi connectivity index (χ2n) is 6.66. The number of likely N-dealkylation sites (tertiary alicyclic amines) is 1. The zero-order chi connectivity index (χ0) is 14.8. The molecule has 1 fully saturated rings. The van der Waals surface area contributed by atoms with Crippen molar-refractivity contribution in [2.45, 2.75) is 45.1 Å². The summed E-state index contributed by atoms with van der Waals surface area (Å²) in [6.07, 6.45) is 5.23. The summed E-state index contributed by atoms with van der Waals surface area (Å²) in [5, 5.41) is 0. The predicted molar refractivity (Wildman–Crippen MR) is 84.9 cm³/mol. The van der Waals surface area contributed by atoms with Crippen LogP contribution in [0.5, 0.6) is 0 Å². The molecular formula is C18H26N2O. The van der Waals surface area contributed by atoms with Crippen molar-refractivity contribution in [3.63, 3.8) is 0 Å². The molecule has 3 rings (SSSR count). The first-order valence-electron chi connectivity index (χ1n) is 8.28. The zero-order valence-corrected chi connectivity index (χ0v) is 12.9. The average Bonchev–Trinajstić information content (AvgIpc) is 2.53. The summed E-state index contributed by atoms with van der Waals surface area (Å²) in [6.45, 7) is 3.71. The van der Waals surface area contributed by atoms with Crippen LogP contribution in [-0.2, 0) is 17.6 Å². The van der Waals surface area contributed by atoms with Gasteiger partial charge in [0.15, 0.2) is 0 Å². The molecule has 21 heavy (non-hydrogen) atoms. The molecule has 2 N–H and O–H groups in total. The fourth-order valence-electron chi connectivity index (χ4n) is 4.03. The molecule has 1 aliphatic heterocycles. The van der Waals surface area contributed by atoms with Crippen LogP contribution in [0, 0.1) is 11.8 Å². The largest absolute Gasteiger partial charge is 0.338 e. The highest BCUT2D eigenvalue weighted by Crippen LogP contribution is 2.30. The van der Waals surface area contributed by atoms with Crippen molar-refractivity contribution in [1.82, 2.24) is 4.90 Å². The van der Waals surface area contributed by atoms with E-state index in [2.05, 4.69) is 36.1 Å². The van der Waals surface area contributed by atoms with Crippen LogP contribution in [0.25, 0.3) is 0 Å².